The SMILES string of the molecule is Cc1ccc(S(=O)(=O)NC2C(O)OC(CO)C(O)C2O)cc1. The molecule has 0 saturated carbocycles. The van der Waals surface area contributed by atoms with Gasteiger partial charge in [-0.25, -0.2) is 13.1 Å². The van der Waals surface area contributed by atoms with Gasteiger partial charge < -0.3 is 25.2 Å². The number of aliphatic hydroxyl groups is 4. The fraction of sp³-hybridized carbons (Fsp3) is 0.538. The summed E-state index contributed by atoms with van der Waals surface area (Å²) in [5, 5.41) is 38.4. The molecule has 5 N–H and O–H groups in total. The Balaban J connectivity index is 2.20. The third-order valence-electron chi connectivity index (χ3n) is 3.52. The average molecular weight is 333 g/mol. The molecule has 1 heterocycles. The second kappa shape index (κ2) is 6.59. The van der Waals surface area contributed by atoms with Crippen LogP contribution in [0.4, 0.5) is 0 Å². The Morgan fingerprint density at radius 3 is 2.27 bits per heavy atom. The summed E-state index contributed by atoms with van der Waals surface area (Å²) < 4.78 is 31.5. The van der Waals surface area contributed by atoms with E-state index in [1.54, 1.807) is 19.1 Å². The molecule has 0 bridgehead atoms. The monoisotopic (exact) mass is 333 g/mol. The van der Waals surface area contributed by atoms with Crippen molar-refractivity contribution in [2.24, 2.45) is 0 Å². The maximum absolute atomic E-state index is 12.2. The number of sulfonamides is 1. The van der Waals surface area contributed by atoms with E-state index in [2.05, 4.69) is 4.72 Å². The van der Waals surface area contributed by atoms with Gasteiger partial charge in [0.15, 0.2) is 6.29 Å². The van der Waals surface area contributed by atoms with Gasteiger partial charge in [0.2, 0.25) is 10.0 Å². The number of nitrogens with one attached hydrogen (secondary N) is 1. The smallest absolute Gasteiger partial charge is 0.241 e. The quantitative estimate of drug-likeness (QED) is 0.433. The summed E-state index contributed by atoms with van der Waals surface area (Å²) in [7, 11) is -4.01. The molecule has 0 aromatic heterocycles. The second-order valence-corrected chi connectivity index (χ2v) is 6.90. The molecule has 5 atom stereocenters. The van der Waals surface area contributed by atoms with Gasteiger partial charge in [0.25, 0.3) is 0 Å². The molecule has 0 amide bonds. The van der Waals surface area contributed by atoms with Crippen molar-refractivity contribution in [2.45, 2.75) is 42.5 Å². The predicted molar refractivity (Wildman–Crippen MR) is 75.3 cm³/mol. The van der Waals surface area contributed by atoms with Crippen molar-refractivity contribution < 1.29 is 33.6 Å². The van der Waals surface area contributed by atoms with Crippen molar-refractivity contribution in [1.82, 2.24) is 4.72 Å². The minimum atomic E-state index is -4.01. The summed E-state index contributed by atoms with van der Waals surface area (Å²) in [6, 6.07) is 4.52. The molecule has 0 aliphatic carbocycles. The Morgan fingerprint density at radius 1 is 1.14 bits per heavy atom. The molecule has 0 spiro atoms. The van der Waals surface area contributed by atoms with Crippen LogP contribution in [0.1, 0.15) is 5.56 Å². The number of rotatable bonds is 4. The molecular formula is C13H19NO7S. The van der Waals surface area contributed by atoms with Crippen LogP contribution in [0.3, 0.4) is 0 Å². The topological polar surface area (TPSA) is 136 Å². The normalized spacial score (nSPS) is 32.9. The molecule has 1 aliphatic rings. The molecule has 1 fully saturated rings. The highest BCUT2D eigenvalue weighted by Crippen LogP contribution is 2.21. The van der Waals surface area contributed by atoms with Gasteiger partial charge in [-0.15, -0.1) is 0 Å². The van der Waals surface area contributed by atoms with Crippen molar-refractivity contribution in [1.29, 1.82) is 0 Å². The molecule has 1 aromatic carbocycles. The Bertz CT molecular complexity index is 603. The van der Waals surface area contributed by atoms with Gasteiger partial charge in [-0.05, 0) is 19.1 Å². The van der Waals surface area contributed by atoms with Crippen LogP contribution in [0.25, 0.3) is 0 Å². The minimum absolute atomic E-state index is 0.0451. The number of hydrogen-bond donors (Lipinski definition) is 5. The largest absolute Gasteiger partial charge is 0.394 e. The van der Waals surface area contributed by atoms with E-state index in [0.29, 0.717) is 0 Å². The van der Waals surface area contributed by atoms with Crippen LogP contribution >= 0.6 is 0 Å². The van der Waals surface area contributed by atoms with Gasteiger partial charge in [-0.3, -0.25) is 0 Å². The first-order chi connectivity index (χ1) is 10.3. The van der Waals surface area contributed by atoms with Crippen molar-refractivity contribution in [3.8, 4) is 0 Å². The van der Waals surface area contributed by atoms with Crippen LogP contribution in [-0.4, -0.2) is 66.1 Å². The fourth-order valence-electron chi connectivity index (χ4n) is 2.19. The zero-order valence-corrected chi connectivity index (χ0v) is 12.6. The van der Waals surface area contributed by atoms with E-state index in [1.807, 2.05) is 0 Å². The Kier molecular flexibility index (Phi) is 5.17. The van der Waals surface area contributed by atoms with E-state index in [4.69, 9.17) is 9.84 Å². The number of aliphatic hydroxyl groups excluding tert-OH is 4. The first kappa shape index (κ1) is 17.3. The van der Waals surface area contributed by atoms with Gasteiger partial charge >= 0.3 is 0 Å². The van der Waals surface area contributed by atoms with Crippen LogP contribution in [0.2, 0.25) is 0 Å². The standard InChI is InChI=1S/C13H19NO7S/c1-7-2-4-8(5-3-7)22(19,20)14-10-12(17)11(16)9(6-15)21-13(10)18/h2-5,9-18H,6H2,1H3. The summed E-state index contributed by atoms with van der Waals surface area (Å²) >= 11 is 0. The van der Waals surface area contributed by atoms with Crippen LogP contribution < -0.4 is 4.72 Å². The third kappa shape index (κ3) is 3.46. The van der Waals surface area contributed by atoms with Gasteiger partial charge in [0, 0.05) is 0 Å². The highest BCUT2D eigenvalue weighted by Gasteiger charge is 2.45. The molecule has 2 rings (SSSR count). The molecule has 8 nitrogen and oxygen atoms in total. The molecule has 1 aromatic rings. The number of benzene rings is 1. The van der Waals surface area contributed by atoms with Gasteiger partial charge in [-0.2, -0.15) is 0 Å². The van der Waals surface area contributed by atoms with Crippen LogP contribution in [0, 0.1) is 6.92 Å². The van der Waals surface area contributed by atoms with E-state index in [9.17, 15) is 23.7 Å². The predicted octanol–water partition coefficient (Wildman–Crippen LogP) is -1.93. The summed E-state index contributed by atoms with van der Waals surface area (Å²) in [6.07, 6.45) is -6.04. The van der Waals surface area contributed by atoms with Crippen LogP contribution in [-0.2, 0) is 14.8 Å². The van der Waals surface area contributed by atoms with E-state index < -0.39 is 47.3 Å². The second-order valence-electron chi connectivity index (χ2n) is 5.19. The maximum atomic E-state index is 12.2. The molecular weight excluding hydrogens is 314 g/mol. The zero-order chi connectivity index (χ0) is 16.5. The molecule has 1 aliphatic heterocycles. The Morgan fingerprint density at radius 2 is 1.73 bits per heavy atom. The molecule has 9 heteroatoms. The van der Waals surface area contributed by atoms with E-state index in [1.165, 1.54) is 12.1 Å². The molecule has 1 saturated heterocycles. The van der Waals surface area contributed by atoms with Crippen molar-refractivity contribution in [3.63, 3.8) is 0 Å². The first-order valence-corrected chi connectivity index (χ1v) is 8.14. The maximum Gasteiger partial charge on any atom is 0.241 e. The van der Waals surface area contributed by atoms with E-state index >= 15 is 0 Å². The molecule has 0 radical (unpaired) electrons. The summed E-state index contributed by atoms with van der Waals surface area (Å²) in [6.45, 7) is 1.18. The van der Waals surface area contributed by atoms with Gasteiger partial charge in [0.1, 0.15) is 24.4 Å². The average Bonchev–Trinajstić information content (AvgIpc) is 2.48. The first-order valence-electron chi connectivity index (χ1n) is 6.66. The molecule has 5 unspecified atom stereocenters. The Hall–Kier alpha value is -1.07. The van der Waals surface area contributed by atoms with Gasteiger partial charge in [0.05, 0.1) is 11.5 Å². The van der Waals surface area contributed by atoms with E-state index in [-0.39, 0.29) is 4.90 Å². The minimum Gasteiger partial charge on any atom is -0.394 e. The van der Waals surface area contributed by atoms with Crippen LogP contribution in [0.5, 0.6) is 0 Å². The fourth-order valence-corrected chi connectivity index (χ4v) is 3.43. The summed E-state index contributed by atoms with van der Waals surface area (Å²) in [5.74, 6) is 0. The summed E-state index contributed by atoms with van der Waals surface area (Å²) in [5.41, 5.74) is 0.876. The van der Waals surface area contributed by atoms with Gasteiger partial charge in [-0.1, -0.05) is 17.7 Å². The highest BCUT2D eigenvalue weighted by atomic mass is 32.2. The molecule has 124 valence electrons. The zero-order valence-electron chi connectivity index (χ0n) is 11.8. The summed E-state index contributed by atoms with van der Waals surface area (Å²) in [4.78, 5) is -0.0451. The third-order valence-corrected chi connectivity index (χ3v) is 5.00. The van der Waals surface area contributed by atoms with Crippen molar-refractivity contribution in [3.05, 3.63) is 29.8 Å². The highest BCUT2D eigenvalue weighted by molar-refractivity contribution is 7.89. The number of ether oxygens (including phenoxy) is 1. The lowest BCUT2D eigenvalue weighted by Gasteiger charge is -2.40. The van der Waals surface area contributed by atoms with Crippen LogP contribution in [0.15, 0.2) is 29.2 Å². The Labute approximate surface area is 128 Å². The van der Waals surface area contributed by atoms with Crippen molar-refractivity contribution in [2.75, 3.05) is 6.61 Å². The van der Waals surface area contributed by atoms with E-state index in [0.717, 1.165) is 5.56 Å². The lowest BCUT2D eigenvalue weighted by atomic mass is 9.98. The van der Waals surface area contributed by atoms with Crippen molar-refractivity contribution >= 4 is 10.0 Å². The lowest BCUT2D eigenvalue weighted by Crippen LogP contribution is -2.64. The number of aryl methyl sites for hydroxylation is 1. The number of hydrogen-bond acceptors (Lipinski definition) is 7. The lowest BCUT2D eigenvalue weighted by molar-refractivity contribution is -0.251. The molecule has 22 heavy (non-hydrogen) atoms.